The molecule has 3 heterocycles. The molecule has 0 fully saturated rings. The van der Waals surface area contributed by atoms with E-state index in [4.69, 9.17) is 9.47 Å². The predicted molar refractivity (Wildman–Crippen MR) is 91.1 cm³/mol. The van der Waals surface area contributed by atoms with Gasteiger partial charge in [-0.25, -0.2) is 0 Å². The average Bonchev–Trinajstić information content (AvgIpc) is 3.26. The maximum Gasteiger partial charge on any atom is 0.244 e. The summed E-state index contributed by atoms with van der Waals surface area (Å²) in [6.07, 6.45) is 5.08. The molecule has 1 atom stereocenters. The van der Waals surface area contributed by atoms with Crippen molar-refractivity contribution in [2.24, 2.45) is 0 Å². The maximum atomic E-state index is 12.2. The first-order valence-electron chi connectivity index (χ1n) is 7.88. The zero-order chi connectivity index (χ0) is 17.2. The van der Waals surface area contributed by atoms with Crippen molar-refractivity contribution in [3.63, 3.8) is 0 Å². The Balaban J connectivity index is 1.45. The Labute approximate surface area is 143 Å². The summed E-state index contributed by atoms with van der Waals surface area (Å²) in [5, 5.41) is 11.1. The van der Waals surface area contributed by atoms with E-state index in [1.54, 1.807) is 6.08 Å². The molecule has 0 radical (unpaired) electrons. The van der Waals surface area contributed by atoms with Crippen molar-refractivity contribution in [2.75, 3.05) is 6.79 Å². The molecule has 25 heavy (non-hydrogen) atoms. The van der Waals surface area contributed by atoms with Crippen LogP contribution in [-0.2, 0) is 4.79 Å². The third-order valence-corrected chi connectivity index (χ3v) is 3.91. The van der Waals surface area contributed by atoms with E-state index in [0.29, 0.717) is 17.3 Å². The number of ether oxygens (including phenoxy) is 2. The fraction of sp³-hybridized carbons (Fsp3) is 0.167. The van der Waals surface area contributed by atoms with Crippen LogP contribution >= 0.6 is 0 Å². The van der Waals surface area contributed by atoms with Gasteiger partial charge >= 0.3 is 0 Å². The zero-order valence-corrected chi connectivity index (χ0v) is 13.5. The number of hydrogen-bond donors (Lipinski definition) is 1. The molecule has 1 unspecified atom stereocenters. The second-order valence-corrected chi connectivity index (χ2v) is 5.66. The fourth-order valence-corrected chi connectivity index (χ4v) is 2.67. The highest BCUT2D eigenvalue weighted by atomic mass is 16.7. The number of nitrogens with one attached hydrogen (secondary N) is 1. The minimum absolute atomic E-state index is 0.210. The third-order valence-electron chi connectivity index (χ3n) is 3.91. The summed E-state index contributed by atoms with van der Waals surface area (Å²) in [6, 6.07) is 10.9. The van der Waals surface area contributed by atoms with Crippen LogP contribution in [0.1, 0.15) is 24.4 Å². The summed E-state index contributed by atoms with van der Waals surface area (Å²) in [6.45, 7) is 2.10. The molecule has 0 bridgehead atoms. The van der Waals surface area contributed by atoms with E-state index in [2.05, 4.69) is 15.5 Å². The van der Waals surface area contributed by atoms with Gasteiger partial charge in [-0.15, -0.1) is 10.2 Å². The van der Waals surface area contributed by atoms with E-state index < -0.39 is 0 Å². The lowest BCUT2D eigenvalue weighted by atomic mass is 10.2. The van der Waals surface area contributed by atoms with Crippen LogP contribution in [0.25, 0.3) is 11.7 Å². The summed E-state index contributed by atoms with van der Waals surface area (Å²) < 4.78 is 12.4. The Kier molecular flexibility index (Phi) is 3.81. The monoisotopic (exact) mass is 336 g/mol. The van der Waals surface area contributed by atoms with E-state index in [9.17, 15) is 4.79 Å². The van der Waals surface area contributed by atoms with Gasteiger partial charge in [-0.2, -0.15) is 0 Å². The highest BCUT2D eigenvalue weighted by Crippen LogP contribution is 2.32. The first-order chi connectivity index (χ1) is 12.2. The van der Waals surface area contributed by atoms with Gasteiger partial charge in [0.2, 0.25) is 12.7 Å². The summed E-state index contributed by atoms with van der Waals surface area (Å²) in [5.74, 6) is 1.87. The van der Waals surface area contributed by atoms with Gasteiger partial charge in [0.05, 0.1) is 6.04 Å². The van der Waals surface area contributed by atoms with Crippen LogP contribution in [0.15, 0.2) is 48.7 Å². The standard InChI is InChI=1S/C18H16N4O3/c1-12(18-21-20-16-4-2-3-9-22(16)18)19-17(23)8-6-13-5-7-14-15(10-13)25-11-24-14/h2-10,12H,11H2,1H3,(H,19,23). The second-order valence-electron chi connectivity index (χ2n) is 5.66. The Hall–Kier alpha value is -3.35. The van der Waals surface area contributed by atoms with E-state index in [-0.39, 0.29) is 18.7 Å². The number of fused-ring (bicyclic) bond motifs is 2. The minimum Gasteiger partial charge on any atom is -0.454 e. The van der Waals surface area contributed by atoms with Gasteiger partial charge in [0, 0.05) is 12.3 Å². The van der Waals surface area contributed by atoms with Gasteiger partial charge in [0.25, 0.3) is 0 Å². The van der Waals surface area contributed by atoms with Crippen molar-refractivity contribution in [1.82, 2.24) is 19.9 Å². The average molecular weight is 336 g/mol. The molecule has 0 spiro atoms. The quantitative estimate of drug-likeness (QED) is 0.740. The smallest absolute Gasteiger partial charge is 0.244 e. The molecule has 1 N–H and O–H groups in total. The normalized spacial score (nSPS) is 14.1. The summed E-state index contributed by atoms with van der Waals surface area (Å²) in [5.41, 5.74) is 1.61. The van der Waals surface area contributed by atoms with Crippen LogP contribution in [-0.4, -0.2) is 27.3 Å². The molecule has 1 aliphatic heterocycles. The number of benzene rings is 1. The van der Waals surface area contributed by atoms with Gasteiger partial charge in [-0.1, -0.05) is 12.1 Å². The highest BCUT2D eigenvalue weighted by Gasteiger charge is 2.15. The van der Waals surface area contributed by atoms with Crippen LogP contribution < -0.4 is 14.8 Å². The van der Waals surface area contributed by atoms with Crippen molar-refractivity contribution < 1.29 is 14.3 Å². The van der Waals surface area contributed by atoms with E-state index in [0.717, 1.165) is 11.2 Å². The molecule has 3 aromatic rings. The van der Waals surface area contributed by atoms with Gasteiger partial charge in [-0.05, 0) is 42.8 Å². The molecule has 7 nitrogen and oxygen atoms in total. The molecule has 1 aromatic carbocycles. The number of pyridine rings is 1. The molecular formula is C18H16N4O3. The molecule has 0 aliphatic carbocycles. The first-order valence-corrected chi connectivity index (χ1v) is 7.88. The number of carbonyl (C=O) groups is 1. The van der Waals surface area contributed by atoms with Crippen LogP contribution in [0, 0.1) is 0 Å². The van der Waals surface area contributed by atoms with Gasteiger partial charge in [0.1, 0.15) is 0 Å². The fourth-order valence-electron chi connectivity index (χ4n) is 2.67. The molecule has 2 aromatic heterocycles. The van der Waals surface area contributed by atoms with E-state index >= 15 is 0 Å². The number of hydrogen-bond acceptors (Lipinski definition) is 5. The Morgan fingerprint density at radius 1 is 1.24 bits per heavy atom. The summed E-state index contributed by atoms with van der Waals surface area (Å²) in [4.78, 5) is 12.2. The van der Waals surface area contributed by atoms with Crippen LogP contribution in [0.5, 0.6) is 11.5 Å². The van der Waals surface area contributed by atoms with Crippen LogP contribution in [0.2, 0.25) is 0 Å². The first kappa shape index (κ1) is 15.2. The van der Waals surface area contributed by atoms with Crippen molar-refractivity contribution in [3.05, 3.63) is 60.1 Å². The SMILES string of the molecule is CC(NC(=O)C=Cc1ccc2c(c1)OCO2)c1nnc2ccccn12. The molecular weight excluding hydrogens is 320 g/mol. The number of aromatic nitrogens is 3. The molecule has 126 valence electrons. The largest absolute Gasteiger partial charge is 0.454 e. The number of nitrogens with zero attached hydrogens (tertiary/aromatic N) is 3. The summed E-state index contributed by atoms with van der Waals surface area (Å²) in [7, 11) is 0. The van der Waals surface area contributed by atoms with Crippen LogP contribution in [0.3, 0.4) is 0 Å². The van der Waals surface area contributed by atoms with E-state index in [1.807, 2.05) is 53.9 Å². The lowest BCUT2D eigenvalue weighted by Gasteiger charge is -2.10. The van der Waals surface area contributed by atoms with Gasteiger partial charge < -0.3 is 14.8 Å². The topological polar surface area (TPSA) is 77.8 Å². The van der Waals surface area contributed by atoms with Crippen molar-refractivity contribution >= 4 is 17.6 Å². The molecule has 0 saturated heterocycles. The van der Waals surface area contributed by atoms with Gasteiger partial charge in [-0.3, -0.25) is 9.20 Å². The molecule has 1 amide bonds. The molecule has 0 saturated carbocycles. The van der Waals surface area contributed by atoms with E-state index in [1.165, 1.54) is 6.08 Å². The van der Waals surface area contributed by atoms with Crippen molar-refractivity contribution in [2.45, 2.75) is 13.0 Å². The summed E-state index contributed by atoms with van der Waals surface area (Å²) >= 11 is 0. The number of amides is 1. The Bertz CT molecular complexity index is 964. The van der Waals surface area contributed by atoms with Gasteiger partial charge in [0.15, 0.2) is 23.0 Å². The van der Waals surface area contributed by atoms with Crippen molar-refractivity contribution in [3.8, 4) is 11.5 Å². The molecule has 4 rings (SSSR count). The number of carbonyl (C=O) groups excluding carboxylic acids is 1. The number of rotatable bonds is 4. The second kappa shape index (κ2) is 6.27. The lowest BCUT2D eigenvalue weighted by molar-refractivity contribution is -0.117. The Morgan fingerprint density at radius 3 is 3.04 bits per heavy atom. The predicted octanol–water partition coefficient (Wildman–Crippen LogP) is 2.35. The highest BCUT2D eigenvalue weighted by molar-refractivity contribution is 5.92. The van der Waals surface area contributed by atoms with Crippen LogP contribution in [0.4, 0.5) is 0 Å². The Morgan fingerprint density at radius 2 is 2.12 bits per heavy atom. The lowest BCUT2D eigenvalue weighted by Crippen LogP contribution is -2.26. The zero-order valence-electron chi connectivity index (χ0n) is 13.5. The van der Waals surface area contributed by atoms with Crippen molar-refractivity contribution in [1.29, 1.82) is 0 Å². The third kappa shape index (κ3) is 3.03. The minimum atomic E-state index is -0.272. The molecule has 1 aliphatic rings. The maximum absolute atomic E-state index is 12.2. The molecule has 7 heteroatoms.